The van der Waals surface area contributed by atoms with Gasteiger partial charge >= 0.3 is 17.9 Å². The van der Waals surface area contributed by atoms with Crippen LogP contribution in [0.3, 0.4) is 0 Å². The summed E-state index contributed by atoms with van der Waals surface area (Å²) in [6.07, 6.45) is 88.8. The van der Waals surface area contributed by atoms with E-state index in [0.29, 0.717) is 19.3 Å². The van der Waals surface area contributed by atoms with Crippen molar-refractivity contribution in [1.29, 1.82) is 0 Å². The number of hydrogen-bond acceptors (Lipinski definition) is 6. The molecule has 448 valence electrons. The Morgan fingerprint density at radius 1 is 0.269 bits per heavy atom. The largest absolute Gasteiger partial charge is 0.462 e. The van der Waals surface area contributed by atoms with Crippen LogP contribution in [-0.4, -0.2) is 37.2 Å². The molecule has 0 fully saturated rings. The first kappa shape index (κ1) is 74.3. The minimum absolute atomic E-state index is 0.0770. The van der Waals surface area contributed by atoms with Crippen LogP contribution in [0.5, 0.6) is 0 Å². The zero-order valence-corrected chi connectivity index (χ0v) is 51.4. The van der Waals surface area contributed by atoms with E-state index in [1.54, 1.807) is 0 Å². The molecule has 6 nitrogen and oxygen atoms in total. The van der Waals surface area contributed by atoms with E-state index in [-0.39, 0.29) is 31.1 Å². The number of esters is 3. The van der Waals surface area contributed by atoms with Crippen molar-refractivity contribution < 1.29 is 28.6 Å². The summed E-state index contributed by atoms with van der Waals surface area (Å²) < 4.78 is 16.8. The van der Waals surface area contributed by atoms with Gasteiger partial charge in [-0.1, -0.05) is 298 Å². The van der Waals surface area contributed by atoms with Crippen LogP contribution in [0, 0.1) is 0 Å². The smallest absolute Gasteiger partial charge is 0.306 e. The maximum atomic E-state index is 12.9. The molecule has 6 heteroatoms. The molecule has 0 aromatic carbocycles. The Kier molecular flexibility index (Phi) is 62.7. The van der Waals surface area contributed by atoms with Gasteiger partial charge < -0.3 is 14.2 Å². The first-order valence-corrected chi connectivity index (χ1v) is 33.2. The third kappa shape index (κ3) is 63.2. The van der Waals surface area contributed by atoms with Crippen LogP contribution in [0.15, 0.2) is 97.2 Å². The first-order chi connectivity index (χ1) is 38.5. The molecular weight excluding hydrogens is 961 g/mol. The van der Waals surface area contributed by atoms with Crippen LogP contribution in [0.25, 0.3) is 0 Å². The Balaban J connectivity index is 4.08. The Hall–Kier alpha value is -3.67. The molecule has 78 heavy (non-hydrogen) atoms. The van der Waals surface area contributed by atoms with E-state index in [1.165, 1.54) is 180 Å². The molecule has 0 amide bonds. The molecule has 0 aliphatic carbocycles. The number of rotatable bonds is 60. The van der Waals surface area contributed by atoms with E-state index < -0.39 is 6.10 Å². The molecular formula is C72H124O6. The lowest BCUT2D eigenvalue weighted by molar-refractivity contribution is -0.167. The normalized spacial score (nSPS) is 12.7. The zero-order valence-electron chi connectivity index (χ0n) is 51.4. The number of carbonyl (C=O) groups excluding carboxylic acids is 3. The van der Waals surface area contributed by atoms with Crippen molar-refractivity contribution in [3.8, 4) is 0 Å². The van der Waals surface area contributed by atoms with E-state index in [2.05, 4.69) is 118 Å². The predicted molar refractivity (Wildman–Crippen MR) is 339 cm³/mol. The number of allylic oxidation sites excluding steroid dienone is 16. The average molecular weight is 1090 g/mol. The van der Waals surface area contributed by atoms with Gasteiger partial charge in [0.2, 0.25) is 0 Å². The standard InChI is InChI=1S/C72H124O6/c1-4-7-10-13-16-18-20-22-24-26-28-30-32-34-35-36-37-39-40-42-44-46-48-50-52-54-56-59-62-65-71(74)77-68-69(67-76-70(73)64-61-58-15-12-9-6-3)78-72(75)66-63-60-57-55-53-51-49-47-45-43-41-38-33-31-29-27-25-23-21-19-17-14-11-8-5-2/h7,10,16,18,21-24,27-30,34-35,37,39,69H,4-6,8-9,11-15,17,19-20,25-26,31-33,36,38,40-68H2,1-3H3/b10-7-,18-16-,23-21-,24-22-,29-27-,30-28-,35-34-,39-37-. The highest BCUT2D eigenvalue weighted by molar-refractivity contribution is 5.71. The van der Waals surface area contributed by atoms with Crippen LogP contribution in [0.2, 0.25) is 0 Å². The van der Waals surface area contributed by atoms with E-state index in [1.807, 2.05) is 0 Å². The van der Waals surface area contributed by atoms with Gasteiger partial charge in [0, 0.05) is 19.3 Å². The van der Waals surface area contributed by atoms with Crippen molar-refractivity contribution in [1.82, 2.24) is 0 Å². The van der Waals surface area contributed by atoms with Crippen LogP contribution < -0.4 is 0 Å². The molecule has 0 saturated carbocycles. The van der Waals surface area contributed by atoms with Crippen molar-refractivity contribution in [2.45, 2.75) is 329 Å². The van der Waals surface area contributed by atoms with Gasteiger partial charge in [-0.05, 0) is 103 Å². The van der Waals surface area contributed by atoms with Gasteiger partial charge in [-0.2, -0.15) is 0 Å². The molecule has 1 atom stereocenters. The highest BCUT2D eigenvalue weighted by Gasteiger charge is 2.19. The quantitative estimate of drug-likeness (QED) is 0.0261. The van der Waals surface area contributed by atoms with Gasteiger partial charge in [0.05, 0.1) is 0 Å². The molecule has 0 aromatic heterocycles. The Morgan fingerprint density at radius 3 is 0.782 bits per heavy atom. The average Bonchev–Trinajstić information content (AvgIpc) is 3.44. The molecule has 1 unspecified atom stereocenters. The SMILES string of the molecule is CC/C=C\C/C=C\C/C=C\C/C=C\C/C=C\C/C=C\CCCCCCCCCCCCC(=O)OCC(COC(=O)CCCCCCCC)OC(=O)CCCCCCCCCCCCCCC/C=C\C/C=C\CCCCCCC. The summed E-state index contributed by atoms with van der Waals surface area (Å²) in [5.41, 5.74) is 0. The fraction of sp³-hybridized carbons (Fsp3) is 0.736. The Labute approximate surface area is 483 Å². The van der Waals surface area contributed by atoms with Gasteiger partial charge in [0.1, 0.15) is 13.2 Å². The Bertz CT molecular complexity index is 1530. The number of hydrogen-bond donors (Lipinski definition) is 0. The molecule has 0 rings (SSSR count). The molecule has 0 spiro atoms. The summed E-state index contributed by atoms with van der Waals surface area (Å²) in [5.74, 6) is -0.882. The van der Waals surface area contributed by atoms with Gasteiger partial charge in [-0.15, -0.1) is 0 Å². The first-order valence-electron chi connectivity index (χ1n) is 33.2. The van der Waals surface area contributed by atoms with E-state index >= 15 is 0 Å². The van der Waals surface area contributed by atoms with Crippen LogP contribution >= 0.6 is 0 Å². The van der Waals surface area contributed by atoms with Gasteiger partial charge in [-0.3, -0.25) is 14.4 Å². The predicted octanol–water partition coefficient (Wildman–Crippen LogP) is 22.8. The second-order valence-electron chi connectivity index (χ2n) is 22.0. The van der Waals surface area contributed by atoms with Crippen molar-refractivity contribution in [3.05, 3.63) is 97.2 Å². The minimum atomic E-state index is -0.777. The summed E-state index contributed by atoms with van der Waals surface area (Å²) in [7, 11) is 0. The second kappa shape index (κ2) is 65.8. The van der Waals surface area contributed by atoms with E-state index in [9.17, 15) is 14.4 Å². The molecule has 0 saturated heterocycles. The molecule has 0 radical (unpaired) electrons. The zero-order chi connectivity index (χ0) is 56.4. The minimum Gasteiger partial charge on any atom is -0.462 e. The fourth-order valence-electron chi connectivity index (χ4n) is 9.36. The van der Waals surface area contributed by atoms with Crippen molar-refractivity contribution in [2.75, 3.05) is 13.2 Å². The monoisotopic (exact) mass is 1080 g/mol. The number of carbonyl (C=O) groups is 3. The lowest BCUT2D eigenvalue weighted by Crippen LogP contribution is -2.30. The molecule has 0 heterocycles. The highest BCUT2D eigenvalue weighted by atomic mass is 16.6. The molecule has 0 aliphatic heterocycles. The Morgan fingerprint density at radius 2 is 0.500 bits per heavy atom. The lowest BCUT2D eigenvalue weighted by Gasteiger charge is -2.18. The second-order valence-corrected chi connectivity index (χ2v) is 22.0. The van der Waals surface area contributed by atoms with Crippen molar-refractivity contribution in [3.63, 3.8) is 0 Å². The summed E-state index contributed by atoms with van der Waals surface area (Å²) in [5, 5.41) is 0. The van der Waals surface area contributed by atoms with Crippen LogP contribution in [0.1, 0.15) is 323 Å². The highest BCUT2D eigenvalue weighted by Crippen LogP contribution is 2.17. The van der Waals surface area contributed by atoms with Crippen molar-refractivity contribution >= 4 is 17.9 Å². The maximum Gasteiger partial charge on any atom is 0.306 e. The third-order valence-corrected chi connectivity index (χ3v) is 14.3. The molecule has 0 aromatic rings. The number of unbranched alkanes of at least 4 members (excludes halogenated alkanes) is 33. The molecule has 0 aliphatic rings. The topological polar surface area (TPSA) is 78.9 Å². The number of ether oxygens (including phenoxy) is 3. The van der Waals surface area contributed by atoms with Gasteiger partial charge in [0.25, 0.3) is 0 Å². The molecule has 0 bridgehead atoms. The van der Waals surface area contributed by atoms with E-state index in [4.69, 9.17) is 14.2 Å². The summed E-state index contributed by atoms with van der Waals surface area (Å²) in [4.78, 5) is 38.1. The maximum absolute atomic E-state index is 12.9. The van der Waals surface area contributed by atoms with E-state index in [0.717, 1.165) is 103 Å². The fourth-order valence-corrected chi connectivity index (χ4v) is 9.36. The lowest BCUT2D eigenvalue weighted by atomic mass is 10.0. The summed E-state index contributed by atoms with van der Waals surface area (Å²) in [6.45, 7) is 6.48. The van der Waals surface area contributed by atoms with Crippen LogP contribution in [-0.2, 0) is 28.6 Å². The third-order valence-electron chi connectivity index (χ3n) is 14.3. The van der Waals surface area contributed by atoms with Crippen LogP contribution in [0.4, 0.5) is 0 Å². The van der Waals surface area contributed by atoms with Crippen molar-refractivity contribution in [2.24, 2.45) is 0 Å². The molecule has 0 N–H and O–H groups in total. The summed E-state index contributed by atoms with van der Waals surface area (Å²) >= 11 is 0. The van der Waals surface area contributed by atoms with Gasteiger partial charge in [-0.25, -0.2) is 0 Å². The van der Waals surface area contributed by atoms with Gasteiger partial charge in [0.15, 0.2) is 6.10 Å². The summed E-state index contributed by atoms with van der Waals surface area (Å²) in [6, 6.07) is 0.